The number of fused-ring (bicyclic) bond motifs is 1. The molecule has 1 aromatic carbocycles. The van der Waals surface area contributed by atoms with E-state index in [0.717, 1.165) is 46.5 Å². The minimum absolute atomic E-state index is 0.0378. The van der Waals surface area contributed by atoms with E-state index < -0.39 is 0 Å². The fraction of sp³-hybridized carbons (Fsp3) is 0.500. The molecule has 1 aromatic heterocycles. The molecular weight excluding hydrogens is 284 g/mol. The van der Waals surface area contributed by atoms with Crippen LogP contribution in [0.5, 0.6) is 5.75 Å². The van der Waals surface area contributed by atoms with Crippen molar-refractivity contribution < 1.29 is 9.53 Å². The molecule has 4 nitrogen and oxygen atoms in total. The first-order valence-corrected chi connectivity index (χ1v) is 8.23. The third kappa shape index (κ3) is 2.75. The Balaban J connectivity index is 2.02. The first-order chi connectivity index (χ1) is 10.2. The lowest BCUT2D eigenvalue weighted by Gasteiger charge is -2.17. The predicted octanol–water partition coefficient (Wildman–Crippen LogP) is 3.26. The fourth-order valence-electron chi connectivity index (χ4n) is 2.98. The molecule has 1 aliphatic rings. The number of aryl methyl sites for hydroxylation is 1. The summed E-state index contributed by atoms with van der Waals surface area (Å²) in [4.78, 5) is 17.5. The molecule has 1 aliphatic carbocycles. The zero-order valence-corrected chi connectivity index (χ0v) is 13.3. The van der Waals surface area contributed by atoms with Gasteiger partial charge in [-0.2, -0.15) is 4.99 Å². The number of rotatable bonds is 2. The molecule has 1 amide bonds. The predicted molar refractivity (Wildman–Crippen MR) is 84.5 cm³/mol. The molecule has 1 heterocycles. The Kier molecular flexibility index (Phi) is 4.10. The summed E-state index contributed by atoms with van der Waals surface area (Å²) >= 11 is 1.54. The van der Waals surface area contributed by atoms with Gasteiger partial charge in [-0.05, 0) is 25.0 Å². The van der Waals surface area contributed by atoms with Gasteiger partial charge in [0.15, 0.2) is 4.80 Å². The monoisotopic (exact) mass is 304 g/mol. The van der Waals surface area contributed by atoms with Crippen LogP contribution in [-0.4, -0.2) is 17.6 Å². The summed E-state index contributed by atoms with van der Waals surface area (Å²) in [6.07, 6.45) is 5.52. The smallest absolute Gasteiger partial charge is 0.251 e. The maximum Gasteiger partial charge on any atom is 0.251 e. The van der Waals surface area contributed by atoms with Crippen LogP contribution in [0.15, 0.2) is 23.2 Å². The van der Waals surface area contributed by atoms with Crippen LogP contribution < -0.4 is 9.54 Å². The van der Waals surface area contributed by atoms with E-state index >= 15 is 0 Å². The Hall–Kier alpha value is -1.62. The number of aromatic nitrogens is 1. The van der Waals surface area contributed by atoms with Crippen LogP contribution in [0.4, 0.5) is 0 Å². The molecule has 0 unspecified atom stereocenters. The third-order valence-electron chi connectivity index (χ3n) is 4.17. The number of methoxy groups -OCH3 is 1. The van der Waals surface area contributed by atoms with Crippen molar-refractivity contribution in [2.24, 2.45) is 18.0 Å². The summed E-state index contributed by atoms with van der Waals surface area (Å²) in [5, 5.41) is 0. The SMILES string of the molecule is COc1cccc2sc(=NC(=O)C3CCCCC3)n(C)c12. The molecule has 3 rings (SSSR count). The molecule has 0 N–H and O–H groups in total. The normalized spacial score (nSPS) is 17.3. The molecule has 2 aromatic rings. The summed E-state index contributed by atoms with van der Waals surface area (Å²) in [7, 11) is 3.60. The number of hydrogen-bond acceptors (Lipinski definition) is 3. The van der Waals surface area contributed by atoms with E-state index in [4.69, 9.17) is 4.74 Å². The lowest BCUT2D eigenvalue weighted by molar-refractivity contribution is -0.122. The van der Waals surface area contributed by atoms with Crippen molar-refractivity contribution in [1.29, 1.82) is 0 Å². The van der Waals surface area contributed by atoms with Crippen molar-refractivity contribution in [3.8, 4) is 5.75 Å². The van der Waals surface area contributed by atoms with Gasteiger partial charge in [0.05, 0.1) is 11.8 Å². The molecule has 1 saturated carbocycles. The minimum Gasteiger partial charge on any atom is -0.495 e. The standard InChI is InChI=1S/C16H20N2O2S/c1-18-14-12(20-2)9-6-10-13(14)21-16(18)17-15(19)11-7-4-3-5-8-11/h6,9-11H,3-5,7-8H2,1-2H3. The van der Waals surface area contributed by atoms with Crippen molar-refractivity contribution in [2.75, 3.05) is 7.11 Å². The molecule has 1 fully saturated rings. The maximum absolute atomic E-state index is 12.3. The van der Waals surface area contributed by atoms with Crippen molar-refractivity contribution in [3.63, 3.8) is 0 Å². The van der Waals surface area contributed by atoms with E-state index in [1.807, 2.05) is 29.8 Å². The molecule has 0 bridgehead atoms. The van der Waals surface area contributed by atoms with Crippen molar-refractivity contribution >= 4 is 27.5 Å². The Morgan fingerprint density at radius 2 is 2.10 bits per heavy atom. The zero-order chi connectivity index (χ0) is 14.8. The molecule has 0 radical (unpaired) electrons. The number of benzene rings is 1. The number of para-hydroxylation sites is 1. The Labute approximate surface area is 128 Å². The molecule has 0 spiro atoms. The van der Waals surface area contributed by atoms with E-state index in [1.54, 1.807) is 18.4 Å². The van der Waals surface area contributed by atoms with Gasteiger partial charge in [0.1, 0.15) is 11.3 Å². The molecule has 0 atom stereocenters. The average Bonchev–Trinajstić information content (AvgIpc) is 2.84. The largest absolute Gasteiger partial charge is 0.495 e. The van der Waals surface area contributed by atoms with E-state index in [9.17, 15) is 4.79 Å². The topological polar surface area (TPSA) is 43.6 Å². The van der Waals surface area contributed by atoms with Gasteiger partial charge >= 0.3 is 0 Å². The van der Waals surface area contributed by atoms with Gasteiger partial charge < -0.3 is 9.30 Å². The Bertz CT molecular complexity index is 723. The molecule has 0 aliphatic heterocycles. The number of hydrogen-bond donors (Lipinski definition) is 0. The van der Waals surface area contributed by atoms with Gasteiger partial charge in [-0.25, -0.2) is 0 Å². The second-order valence-electron chi connectivity index (χ2n) is 5.54. The number of carbonyl (C=O) groups excluding carboxylic acids is 1. The van der Waals surface area contributed by atoms with E-state index in [-0.39, 0.29) is 11.8 Å². The quantitative estimate of drug-likeness (QED) is 0.855. The molecule has 112 valence electrons. The highest BCUT2D eigenvalue weighted by molar-refractivity contribution is 7.16. The highest BCUT2D eigenvalue weighted by Gasteiger charge is 2.21. The average molecular weight is 304 g/mol. The van der Waals surface area contributed by atoms with Gasteiger partial charge in [-0.3, -0.25) is 4.79 Å². The van der Waals surface area contributed by atoms with E-state index in [2.05, 4.69) is 4.99 Å². The summed E-state index contributed by atoms with van der Waals surface area (Å²) < 4.78 is 8.45. The number of ether oxygens (including phenoxy) is 1. The second kappa shape index (κ2) is 6.02. The zero-order valence-electron chi connectivity index (χ0n) is 12.5. The summed E-state index contributed by atoms with van der Waals surface area (Å²) in [5.74, 6) is 0.972. The molecule has 5 heteroatoms. The summed E-state index contributed by atoms with van der Waals surface area (Å²) in [5.41, 5.74) is 1.00. The fourth-order valence-corrected chi connectivity index (χ4v) is 4.02. The van der Waals surface area contributed by atoms with Crippen molar-refractivity contribution in [2.45, 2.75) is 32.1 Å². The number of nitrogens with zero attached hydrogens (tertiary/aromatic N) is 2. The first-order valence-electron chi connectivity index (χ1n) is 7.42. The van der Waals surface area contributed by atoms with E-state index in [1.165, 1.54) is 6.42 Å². The molecule has 0 saturated heterocycles. The second-order valence-corrected chi connectivity index (χ2v) is 6.54. The van der Waals surface area contributed by atoms with Crippen LogP contribution >= 0.6 is 11.3 Å². The highest BCUT2D eigenvalue weighted by atomic mass is 32.1. The lowest BCUT2D eigenvalue weighted by Crippen LogP contribution is -2.20. The molecule has 21 heavy (non-hydrogen) atoms. The summed E-state index contributed by atoms with van der Waals surface area (Å²) in [6, 6.07) is 5.93. The van der Waals surface area contributed by atoms with Crippen molar-refractivity contribution in [3.05, 3.63) is 23.0 Å². The van der Waals surface area contributed by atoms with Crippen LogP contribution in [0, 0.1) is 5.92 Å². The van der Waals surface area contributed by atoms with Crippen LogP contribution in [-0.2, 0) is 11.8 Å². The van der Waals surface area contributed by atoms with Gasteiger partial charge in [0.2, 0.25) is 0 Å². The van der Waals surface area contributed by atoms with Crippen LogP contribution in [0.2, 0.25) is 0 Å². The van der Waals surface area contributed by atoms with Crippen LogP contribution in [0.1, 0.15) is 32.1 Å². The molecular formula is C16H20N2O2S. The third-order valence-corrected chi connectivity index (χ3v) is 5.26. The van der Waals surface area contributed by atoms with Gasteiger partial charge in [0, 0.05) is 13.0 Å². The highest BCUT2D eigenvalue weighted by Crippen LogP contribution is 2.27. The Morgan fingerprint density at radius 3 is 2.81 bits per heavy atom. The Morgan fingerprint density at radius 1 is 1.33 bits per heavy atom. The maximum atomic E-state index is 12.3. The number of carbonyl (C=O) groups is 1. The number of thiazole rings is 1. The minimum atomic E-state index is 0.0378. The lowest BCUT2D eigenvalue weighted by atomic mass is 9.89. The van der Waals surface area contributed by atoms with Gasteiger partial charge in [0.25, 0.3) is 5.91 Å². The van der Waals surface area contributed by atoms with Crippen molar-refractivity contribution in [1.82, 2.24) is 4.57 Å². The van der Waals surface area contributed by atoms with E-state index in [0.29, 0.717) is 0 Å². The first kappa shape index (κ1) is 14.3. The summed E-state index contributed by atoms with van der Waals surface area (Å²) in [6.45, 7) is 0. The van der Waals surface area contributed by atoms with Gasteiger partial charge in [-0.15, -0.1) is 0 Å². The van der Waals surface area contributed by atoms with Gasteiger partial charge in [-0.1, -0.05) is 36.7 Å². The van der Waals surface area contributed by atoms with Crippen LogP contribution in [0.3, 0.4) is 0 Å². The number of amides is 1. The van der Waals surface area contributed by atoms with Crippen LogP contribution in [0.25, 0.3) is 10.2 Å².